The van der Waals surface area contributed by atoms with Gasteiger partial charge in [-0.3, -0.25) is 0 Å². The average molecular weight is 723 g/mol. The SMILES string of the molecule is C=C.CC(C)(C)c1ccc2c(c1)[cH-]c1cc(C(C)(C)C)ccc12.Cc1cc2c(-c3cccc4ccccc34)cccc2[cH-]1.[Cl-].[Cl-].[Zr+4]. The molecule has 234 valence electrons. The third-order valence-electron chi connectivity index (χ3n) is 8.41. The van der Waals surface area contributed by atoms with Crippen LogP contribution in [0.4, 0.5) is 0 Å². The van der Waals surface area contributed by atoms with E-state index in [9.17, 15) is 0 Å². The van der Waals surface area contributed by atoms with E-state index in [-0.39, 0.29) is 61.8 Å². The second-order valence-electron chi connectivity index (χ2n) is 13.6. The zero-order chi connectivity index (χ0) is 30.9. The number of fused-ring (bicyclic) bond motifs is 5. The van der Waals surface area contributed by atoms with Crippen LogP contribution in [0.15, 0.2) is 128 Å². The summed E-state index contributed by atoms with van der Waals surface area (Å²) in [5.41, 5.74) is 7.18. The van der Waals surface area contributed by atoms with Gasteiger partial charge in [-0.2, -0.15) is 6.07 Å². The fourth-order valence-corrected chi connectivity index (χ4v) is 6.04. The Morgan fingerprint density at radius 2 is 0.957 bits per heavy atom. The molecule has 0 radical (unpaired) electrons. The molecule has 0 saturated carbocycles. The molecule has 0 saturated heterocycles. The Labute approximate surface area is 307 Å². The van der Waals surface area contributed by atoms with Crippen LogP contribution >= 0.6 is 0 Å². The van der Waals surface area contributed by atoms with Crippen molar-refractivity contribution in [2.24, 2.45) is 0 Å². The van der Waals surface area contributed by atoms with Gasteiger partial charge < -0.3 is 24.8 Å². The van der Waals surface area contributed by atoms with Gasteiger partial charge in [-0.15, -0.1) is 87.4 Å². The minimum Gasteiger partial charge on any atom is -1.00 e. The first-order valence-electron chi connectivity index (χ1n) is 15.3. The predicted molar refractivity (Wildman–Crippen MR) is 193 cm³/mol. The summed E-state index contributed by atoms with van der Waals surface area (Å²) < 4.78 is 0. The molecule has 0 spiro atoms. The van der Waals surface area contributed by atoms with E-state index < -0.39 is 0 Å². The molecular weight excluding hydrogens is 679 g/mol. The van der Waals surface area contributed by atoms with Gasteiger partial charge in [0.25, 0.3) is 0 Å². The van der Waals surface area contributed by atoms with Gasteiger partial charge in [0, 0.05) is 0 Å². The van der Waals surface area contributed by atoms with Crippen molar-refractivity contribution < 1.29 is 51.0 Å². The molecule has 0 atom stereocenters. The minimum atomic E-state index is 0. The van der Waals surface area contributed by atoms with Crippen molar-refractivity contribution in [3.8, 4) is 11.1 Å². The number of halogens is 2. The van der Waals surface area contributed by atoms with Gasteiger partial charge in [-0.05, 0) is 27.2 Å². The van der Waals surface area contributed by atoms with Crippen molar-refractivity contribution in [2.75, 3.05) is 0 Å². The summed E-state index contributed by atoms with van der Waals surface area (Å²) in [5, 5.41) is 10.8. The van der Waals surface area contributed by atoms with Crippen molar-refractivity contribution in [3.63, 3.8) is 0 Å². The summed E-state index contributed by atoms with van der Waals surface area (Å²) in [5.74, 6) is 0. The molecule has 0 bridgehead atoms. The Morgan fingerprint density at radius 1 is 0.478 bits per heavy atom. The number of aryl methyl sites for hydroxylation is 1. The van der Waals surface area contributed by atoms with Gasteiger partial charge in [0.15, 0.2) is 0 Å². The topological polar surface area (TPSA) is 0 Å². The Balaban J connectivity index is 0.000000286. The Bertz CT molecular complexity index is 1970. The van der Waals surface area contributed by atoms with E-state index in [0.717, 1.165) is 0 Å². The second kappa shape index (κ2) is 15.8. The van der Waals surface area contributed by atoms with E-state index in [2.05, 4.69) is 177 Å². The van der Waals surface area contributed by atoms with Crippen LogP contribution in [0.1, 0.15) is 58.2 Å². The Morgan fingerprint density at radius 3 is 1.50 bits per heavy atom. The molecule has 46 heavy (non-hydrogen) atoms. The summed E-state index contributed by atoms with van der Waals surface area (Å²) in [4.78, 5) is 0. The summed E-state index contributed by atoms with van der Waals surface area (Å²) in [6, 6.07) is 42.4. The molecule has 0 fully saturated rings. The van der Waals surface area contributed by atoms with E-state index in [1.54, 1.807) is 0 Å². The zero-order valence-electron chi connectivity index (χ0n) is 28.1. The molecule has 7 rings (SSSR count). The van der Waals surface area contributed by atoms with Crippen molar-refractivity contribution >= 4 is 43.1 Å². The summed E-state index contributed by atoms with van der Waals surface area (Å²) in [6.07, 6.45) is 0. The van der Waals surface area contributed by atoms with Crippen LogP contribution in [0.25, 0.3) is 54.2 Å². The first kappa shape index (κ1) is 39.2. The van der Waals surface area contributed by atoms with Crippen LogP contribution in [0.2, 0.25) is 0 Å². The predicted octanol–water partition coefficient (Wildman–Crippen LogP) is 6.80. The van der Waals surface area contributed by atoms with Crippen molar-refractivity contribution in [2.45, 2.75) is 59.3 Å². The van der Waals surface area contributed by atoms with Crippen LogP contribution in [0.3, 0.4) is 0 Å². The van der Waals surface area contributed by atoms with Crippen LogP contribution in [0.5, 0.6) is 0 Å². The van der Waals surface area contributed by atoms with Gasteiger partial charge in [0.05, 0.1) is 0 Å². The summed E-state index contributed by atoms with van der Waals surface area (Å²) in [7, 11) is 0. The maximum absolute atomic E-state index is 3.00. The number of hydrogen-bond acceptors (Lipinski definition) is 0. The molecule has 0 aliphatic rings. The van der Waals surface area contributed by atoms with E-state index in [4.69, 9.17) is 0 Å². The van der Waals surface area contributed by atoms with Gasteiger partial charge >= 0.3 is 26.2 Å². The molecule has 0 aliphatic carbocycles. The number of hydrogen-bond donors (Lipinski definition) is 0. The van der Waals surface area contributed by atoms with Crippen molar-refractivity contribution in [1.29, 1.82) is 0 Å². The van der Waals surface area contributed by atoms with Crippen molar-refractivity contribution in [3.05, 3.63) is 145 Å². The number of rotatable bonds is 1. The molecule has 0 aliphatic heterocycles. The number of benzene rings is 5. The van der Waals surface area contributed by atoms with Crippen LogP contribution in [-0.4, -0.2) is 0 Å². The summed E-state index contributed by atoms with van der Waals surface area (Å²) in [6.45, 7) is 21.8. The fraction of sp³-hybridized carbons (Fsp3) is 0.209. The largest absolute Gasteiger partial charge is 4.00 e. The van der Waals surface area contributed by atoms with Gasteiger partial charge in [-0.1, -0.05) is 138 Å². The molecule has 7 aromatic carbocycles. The molecular formula is C43H44Cl2Zr. The second-order valence-corrected chi connectivity index (χ2v) is 13.6. The summed E-state index contributed by atoms with van der Waals surface area (Å²) >= 11 is 0. The molecule has 0 amide bonds. The normalized spacial score (nSPS) is 11.0. The Kier molecular flexibility index (Phi) is 13.4. The fourth-order valence-electron chi connectivity index (χ4n) is 6.04. The van der Waals surface area contributed by atoms with Gasteiger partial charge in [-0.25, -0.2) is 0 Å². The molecule has 0 unspecified atom stereocenters. The maximum Gasteiger partial charge on any atom is 4.00 e. The molecule has 3 heteroatoms. The average Bonchev–Trinajstić information content (AvgIpc) is 3.56. The van der Waals surface area contributed by atoms with Crippen molar-refractivity contribution in [1.82, 2.24) is 0 Å². The molecule has 0 nitrogen and oxygen atoms in total. The van der Waals surface area contributed by atoms with E-state index in [1.165, 1.54) is 70.9 Å². The monoisotopic (exact) mass is 720 g/mol. The molecule has 0 aromatic heterocycles. The molecule has 0 heterocycles. The first-order valence-corrected chi connectivity index (χ1v) is 15.3. The van der Waals surface area contributed by atoms with Crippen LogP contribution in [-0.2, 0) is 37.0 Å². The third-order valence-corrected chi connectivity index (χ3v) is 8.41. The maximum atomic E-state index is 3.00. The first-order chi connectivity index (χ1) is 20.5. The van der Waals surface area contributed by atoms with Crippen LogP contribution in [0, 0.1) is 6.92 Å². The smallest absolute Gasteiger partial charge is 1.00 e. The third kappa shape index (κ3) is 8.12. The van der Waals surface area contributed by atoms with Gasteiger partial charge in [0.1, 0.15) is 0 Å². The van der Waals surface area contributed by atoms with E-state index in [1.807, 2.05) is 0 Å². The molecule has 7 aromatic rings. The quantitative estimate of drug-likeness (QED) is 0.129. The molecule has 0 N–H and O–H groups in total. The van der Waals surface area contributed by atoms with E-state index in [0.29, 0.717) is 0 Å². The van der Waals surface area contributed by atoms with Gasteiger partial charge in [0.2, 0.25) is 0 Å². The van der Waals surface area contributed by atoms with Crippen LogP contribution < -0.4 is 24.8 Å². The zero-order valence-corrected chi connectivity index (χ0v) is 32.1. The standard InChI is InChI=1S/C21H25.C20H15.C2H4.2ClH.Zr/c1-20(2,3)16-7-9-18-14(12-16)11-15-13-17(21(4,5)6)8-10-19(15)18;1-14-12-16-8-5-11-19(20(16)13-14)18-10-4-7-15-6-2-3-9-17(15)18;1-2;;;/h7-13H,1-6H3;2-13H,1H3;1-2H2;2*1H;/q2*-1;;;;+4/p-2. The van der Waals surface area contributed by atoms with E-state index >= 15 is 0 Å². The minimum absolute atomic E-state index is 0. The Hall–Kier alpha value is -2.96.